The molecule has 0 amide bonds. The molecule has 186 valence electrons. The van der Waals surface area contributed by atoms with Crippen molar-refractivity contribution in [3.05, 3.63) is 36.0 Å². The van der Waals surface area contributed by atoms with Crippen molar-refractivity contribution in [1.82, 2.24) is 0 Å². The van der Waals surface area contributed by atoms with Crippen molar-refractivity contribution in [2.75, 3.05) is 13.2 Å². The topological polar surface area (TPSA) is 61.8 Å². The van der Waals surface area contributed by atoms with E-state index in [0.29, 0.717) is 37.7 Å². The number of rotatable bonds is 11. The zero-order chi connectivity index (χ0) is 24.3. The minimum Gasteiger partial charge on any atom is -0.466 e. The van der Waals surface area contributed by atoms with E-state index in [4.69, 9.17) is 14.2 Å². The average Bonchev–Trinajstić information content (AvgIpc) is 3.36. The van der Waals surface area contributed by atoms with Gasteiger partial charge in [0.25, 0.3) is 0 Å². The smallest absolute Gasteiger partial charge is 0.306 e. The molecule has 0 aromatic heterocycles. The first-order valence-electron chi connectivity index (χ1n) is 12.9. The second-order valence-electron chi connectivity index (χ2n) is 9.60. The van der Waals surface area contributed by atoms with Crippen LogP contribution in [-0.4, -0.2) is 37.4 Å². The Morgan fingerprint density at radius 3 is 2.91 bits per heavy atom. The number of ether oxygens (including phenoxy) is 3. The molecular weight excluding hydrogens is 428 g/mol. The molecule has 3 aliphatic rings. The monoisotopic (exact) mass is 468 g/mol. The Morgan fingerprint density at radius 2 is 2.18 bits per heavy atom. The Hall–Kier alpha value is -2.16. The number of allylic oxidation sites excluding steroid dienone is 5. The molecule has 1 heterocycles. The molecule has 1 saturated heterocycles. The summed E-state index contributed by atoms with van der Waals surface area (Å²) in [6, 6.07) is 0. The van der Waals surface area contributed by atoms with Gasteiger partial charge in [-0.05, 0) is 70.3 Å². The fourth-order valence-corrected chi connectivity index (χ4v) is 5.20. The lowest BCUT2D eigenvalue weighted by molar-refractivity contribution is -0.192. The molecule has 3 rings (SSSR count). The summed E-state index contributed by atoms with van der Waals surface area (Å²) < 4.78 is 17.3. The van der Waals surface area contributed by atoms with Crippen LogP contribution in [0.4, 0.5) is 0 Å². The maximum atomic E-state index is 12.7. The van der Waals surface area contributed by atoms with Crippen molar-refractivity contribution >= 4 is 11.8 Å². The summed E-state index contributed by atoms with van der Waals surface area (Å²) in [5.74, 6) is 6.81. The molecule has 1 saturated carbocycles. The first-order valence-corrected chi connectivity index (χ1v) is 12.9. The van der Waals surface area contributed by atoms with Gasteiger partial charge in [0.15, 0.2) is 12.1 Å². The van der Waals surface area contributed by atoms with Crippen LogP contribution >= 0.6 is 0 Å². The van der Waals surface area contributed by atoms with E-state index in [2.05, 4.69) is 36.1 Å². The van der Waals surface area contributed by atoms with Crippen molar-refractivity contribution in [3.63, 3.8) is 0 Å². The van der Waals surface area contributed by atoms with Gasteiger partial charge >= 0.3 is 5.97 Å². The van der Waals surface area contributed by atoms with Gasteiger partial charge in [-0.1, -0.05) is 36.8 Å². The van der Waals surface area contributed by atoms with Gasteiger partial charge in [0.05, 0.1) is 12.7 Å². The van der Waals surface area contributed by atoms with Crippen LogP contribution in [0.5, 0.6) is 0 Å². The van der Waals surface area contributed by atoms with Crippen LogP contribution in [0.25, 0.3) is 0 Å². The van der Waals surface area contributed by atoms with Gasteiger partial charge in [-0.25, -0.2) is 0 Å². The standard InChI is InChI=1S/C29H40O5/c1-4-6-11-21(3)26(30)16-15-24-25-19-22(12-7-8-13-28(31)32-5-2)18-23(25)20-27(24)34-29-14-9-10-17-33-29/h7,12,15-16,18,21,23-25,27,29H,5,8-11,13-14,17,19-20H2,1-3H3/t21?,23-,24-,25+,27+,29?/m0/s1. The summed E-state index contributed by atoms with van der Waals surface area (Å²) in [4.78, 5) is 24.2. The van der Waals surface area contributed by atoms with Crippen molar-refractivity contribution in [3.8, 4) is 11.8 Å². The molecule has 5 nitrogen and oxygen atoms in total. The predicted molar refractivity (Wildman–Crippen MR) is 133 cm³/mol. The molecule has 0 spiro atoms. The van der Waals surface area contributed by atoms with Crippen molar-refractivity contribution in [2.24, 2.45) is 23.7 Å². The van der Waals surface area contributed by atoms with Gasteiger partial charge in [0, 0.05) is 31.3 Å². The number of ketones is 1. The highest BCUT2D eigenvalue weighted by molar-refractivity contribution is 5.91. The Labute approximate surface area is 205 Å². The summed E-state index contributed by atoms with van der Waals surface area (Å²) in [6.45, 7) is 6.76. The second-order valence-corrected chi connectivity index (χ2v) is 9.60. The molecule has 5 heteroatoms. The third-order valence-electron chi connectivity index (χ3n) is 7.05. The first kappa shape index (κ1) is 26.4. The fraction of sp³-hybridized carbons (Fsp3) is 0.655. The van der Waals surface area contributed by atoms with Crippen LogP contribution in [0, 0.1) is 35.5 Å². The average molecular weight is 469 g/mol. The molecule has 2 fully saturated rings. The zero-order valence-electron chi connectivity index (χ0n) is 21.0. The van der Waals surface area contributed by atoms with Gasteiger partial charge in [-0.2, -0.15) is 0 Å². The summed E-state index contributed by atoms with van der Waals surface area (Å²) in [6.07, 6.45) is 17.2. The van der Waals surface area contributed by atoms with Crippen LogP contribution in [0.15, 0.2) is 36.0 Å². The number of carbonyl (C=O) groups is 2. The molecule has 0 aromatic carbocycles. The van der Waals surface area contributed by atoms with Crippen molar-refractivity contribution in [2.45, 2.75) is 84.5 Å². The molecule has 0 aromatic rings. The van der Waals surface area contributed by atoms with Crippen LogP contribution in [0.2, 0.25) is 0 Å². The number of hydrogen-bond acceptors (Lipinski definition) is 5. The SMILES string of the molecule is CC#CCC(C)C(=O)C=C[C@H]1[C@@H]2CC(C=CCCC(=O)OCC)=C[C@H]2C[C@H]1OC1CCCCO1. The molecule has 0 radical (unpaired) electrons. The molecule has 2 aliphatic carbocycles. The highest BCUT2D eigenvalue weighted by Gasteiger charge is 2.45. The van der Waals surface area contributed by atoms with E-state index in [9.17, 15) is 9.59 Å². The second kappa shape index (κ2) is 13.7. The zero-order valence-corrected chi connectivity index (χ0v) is 21.0. The normalized spacial score (nSPS) is 29.5. The summed E-state index contributed by atoms with van der Waals surface area (Å²) in [5.41, 5.74) is 1.31. The third-order valence-corrected chi connectivity index (χ3v) is 7.05. The van der Waals surface area contributed by atoms with Crippen LogP contribution in [-0.2, 0) is 23.8 Å². The number of esters is 1. The van der Waals surface area contributed by atoms with E-state index in [1.54, 1.807) is 13.0 Å². The van der Waals surface area contributed by atoms with E-state index in [-0.39, 0.29) is 36.0 Å². The molecule has 0 N–H and O–H groups in total. The maximum absolute atomic E-state index is 12.7. The summed E-state index contributed by atoms with van der Waals surface area (Å²) >= 11 is 0. The third kappa shape index (κ3) is 7.68. The first-order chi connectivity index (χ1) is 16.5. The largest absolute Gasteiger partial charge is 0.466 e. The van der Waals surface area contributed by atoms with Gasteiger partial charge in [0.2, 0.25) is 0 Å². The molecule has 6 atom stereocenters. The minimum absolute atomic E-state index is 0.0680. The Kier molecular flexibility index (Phi) is 10.6. The van der Waals surface area contributed by atoms with Gasteiger partial charge in [0.1, 0.15) is 0 Å². The van der Waals surface area contributed by atoms with Crippen molar-refractivity contribution < 1.29 is 23.8 Å². The van der Waals surface area contributed by atoms with Crippen LogP contribution < -0.4 is 0 Å². The number of carbonyl (C=O) groups excluding carboxylic acids is 2. The number of hydrogen-bond donors (Lipinski definition) is 0. The number of fused-ring (bicyclic) bond motifs is 1. The lowest BCUT2D eigenvalue weighted by Gasteiger charge is -2.29. The van der Waals surface area contributed by atoms with Crippen LogP contribution in [0.1, 0.15) is 72.1 Å². The van der Waals surface area contributed by atoms with E-state index in [1.165, 1.54) is 5.57 Å². The van der Waals surface area contributed by atoms with E-state index < -0.39 is 0 Å². The van der Waals surface area contributed by atoms with Gasteiger partial charge in [-0.3, -0.25) is 9.59 Å². The maximum Gasteiger partial charge on any atom is 0.306 e. The lowest BCUT2D eigenvalue weighted by atomic mass is 9.88. The van der Waals surface area contributed by atoms with E-state index in [0.717, 1.165) is 38.7 Å². The molecular formula is C29H40O5. The van der Waals surface area contributed by atoms with E-state index in [1.807, 2.05) is 13.8 Å². The quantitative estimate of drug-likeness (QED) is 0.226. The minimum atomic E-state index is -0.150. The Morgan fingerprint density at radius 1 is 1.32 bits per heavy atom. The van der Waals surface area contributed by atoms with Crippen molar-refractivity contribution in [1.29, 1.82) is 0 Å². The fourth-order valence-electron chi connectivity index (χ4n) is 5.20. The molecule has 1 aliphatic heterocycles. The highest BCUT2D eigenvalue weighted by atomic mass is 16.7. The highest BCUT2D eigenvalue weighted by Crippen LogP contribution is 2.49. The predicted octanol–water partition coefficient (Wildman–Crippen LogP) is 5.55. The molecule has 2 unspecified atom stereocenters. The van der Waals surface area contributed by atoms with Gasteiger partial charge in [-0.15, -0.1) is 11.8 Å². The molecule has 0 bridgehead atoms. The van der Waals surface area contributed by atoms with Crippen LogP contribution in [0.3, 0.4) is 0 Å². The van der Waals surface area contributed by atoms with E-state index >= 15 is 0 Å². The summed E-state index contributed by atoms with van der Waals surface area (Å²) in [7, 11) is 0. The molecule has 34 heavy (non-hydrogen) atoms. The summed E-state index contributed by atoms with van der Waals surface area (Å²) in [5, 5.41) is 0. The Balaban J connectivity index is 1.63. The Bertz CT molecular complexity index is 836. The van der Waals surface area contributed by atoms with Gasteiger partial charge < -0.3 is 14.2 Å². The lowest BCUT2D eigenvalue weighted by Crippen LogP contribution is -2.30.